The molecule has 0 aromatic heterocycles. The van der Waals surface area contributed by atoms with Crippen LogP contribution in [0.4, 0.5) is 0 Å². The summed E-state index contributed by atoms with van der Waals surface area (Å²) >= 11 is 5.84. The van der Waals surface area contributed by atoms with Crippen LogP contribution < -0.4 is 4.74 Å². The summed E-state index contributed by atoms with van der Waals surface area (Å²) in [4.78, 5) is 21.5. The molecule has 0 fully saturated rings. The summed E-state index contributed by atoms with van der Waals surface area (Å²) in [5, 5.41) is 9.06. The van der Waals surface area contributed by atoms with Gasteiger partial charge in [0.1, 0.15) is 5.75 Å². The average molecular weight is 243 g/mol. The molecule has 5 heteroatoms. The Morgan fingerprint density at radius 2 is 2.31 bits per heavy atom. The lowest BCUT2D eigenvalue weighted by atomic mass is 10.2. The smallest absolute Gasteiger partial charge is 0.344 e. The van der Waals surface area contributed by atoms with Crippen LogP contribution in [0.1, 0.15) is 23.7 Å². The van der Waals surface area contributed by atoms with Crippen LogP contribution in [0.15, 0.2) is 18.2 Å². The van der Waals surface area contributed by atoms with Crippen molar-refractivity contribution in [2.45, 2.75) is 19.4 Å². The summed E-state index contributed by atoms with van der Waals surface area (Å²) in [6.07, 6.45) is -0.132. The summed E-state index contributed by atoms with van der Waals surface area (Å²) in [6, 6.07) is 4.65. The molecule has 0 saturated heterocycles. The lowest BCUT2D eigenvalue weighted by Gasteiger charge is -2.15. The zero-order valence-electron chi connectivity index (χ0n) is 8.64. The van der Waals surface area contributed by atoms with Gasteiger partial charge in [-0.3, -0.25) is 4.79 Å². The fourth-order valence-electron chi connectivity index (χ4n) is 1.19. The van der Waals surface area contributed by atoms with Crippen molar-refractivity contribution in [2.75, 3.05) is 0 Å². The molecule has 0 radical (unpaired) electrons. The normalized spacial score (nSPS) is 11.9. The van der Waals surface area contributed by atoms with Crippen LogP contribution in [0.25, 0.3) is 0 Å². The molecule has 1 N–H and O–H groups in total. The first-order chi connectivity index (χ1) is 7.60. The molecule has 0 amide bonds. The number of rotatable bonds is 5. The van der Waals surface area contributed by atoms with Crippen molar-refractivity contribution >= 4 is 23.9 Å². The molecule has 1 unspecified atom stereocenters. The Kier molecular flexibility index (Phi) is 4.31. The third-order valence-corrected chi connectivity index (χ3v) is 2.33. The zero-order valence-corrected chi connectivity index (χ0v) is 9.40. The van der Waals surface area contributed by atoms with E-state index in [4.69, 9.17) is 21.4 Å². The van der Waals surface area contributed by atoms with Crippen molar-refractivity contribution in [1.82, 2.24) is 0 Å². The van der Waals surface area contributed by atoms with Crippen molar-refractivity contribution < 1.29 is 19.4 Å². The Morgan fingerprint density at radius 1 is 1.62 bits per heavy atom. The van der Waals surface area contributed by atoms with Crippen molar-refractivity contribution in [1.29, 1.82) is 0 Å². The van der Waals surface area contributed by atoms with Crippen LogP contribution in [0, 0.1) is 0 Å². The number of para-hydroxylation sites is 1. The number of ether oxygens (including phenoxy) is 1. The molecule has 4 nitrogen and oxygen atoms in total. The fourth-order valence-corrected chi connectivity index (χ4v) is 1.42. The highest BCUT2D eigenvalue weighted by atomic mass is 35.5. The van der Waals surface area contributed by atoms with Crippen molar-refractivity contribution in [3.8, 4) is 5.75 Å². The topological polar surface area (TPSA) is 63.6 Å². The van der Waals surface area contributed by atoms with Crippen molar-refractivity contribution in [3.63, 3.8) is 0 Å². The van der Waals surface area contributed by atoms with Gasteiger partial charge in [0, 0.05) is 0 Å². The van der Waals surface area contributed by atoms with Gasteiger partial charge in [-0.2, -0.15) is 0 Å². The van der Waals surface area contributed by atoms with Gasteiger partial charge in [-0.25, -0.2) is 4.79 Å². The highest BCUT2D eigenvalue weighted by Gasteiger charge is 2.19. The minimum absolute atomic E-state index is 0.119. The summed E-state index contributed by atoms with van der Waals surface area (Å²) in [7, 11) is 0. The Morgan fingerprint density at radius 3 is 2.81 bits per heavy atom. The van der Waals surface area contributed by atoms with E-state index >= 15 is 0 Å². The zero-order chi connectivity index (χ0) is 12.1. The molecule has 0 aliphatic carbocycles. The number of aldehydes is 1. The van der Waals surface area contributed by atoms with Gasteiger partial charge < -0.3 is 9.84 Å². The molecule has 0 aliphatic heterocycles. The maximum atomic E-state index is 10.8. The second-order valence-corrected chi connectivity index (χ2v) is 3.54. The van der Waals surface area contributed by atoms with Crippen LogP contribution in [0.3, 0.4) is 0 Å². The molecule has 0 saturated carbocycles. The second-order valence-electron chi connectivity index (χ2n) is 3.13. The van der Waals surface area contributed by atoms with Crippen molar-refractivity contribution in [3.05, 3.63) is 28.8 Å². The van der Waals surface area contributed by atoms with E-state index < -0.39 is 12.1 Å². The van der Waals surface area contributed by atoms with E-state index in [-0.39, 0.29) is 16.3 Å². The molecule has 86 valence electrons. The molecule has 16 heavy (non-hydrogen) atoms. The molecular formula is C11H11ClO4. The molecule has 1 aromatic rings. The Bertz CT molecular complexity index is 403. The van der Waals surface area contributed by atoms with Gasteiger partial charge >= 0.3 is 5.97 Å². The predicted octanol–water partition coefficient (Wildman–Crippen LogP) is 2.39. The van der Waals surface area contributed by atoms with Crippen LogP contribution in [-0.2, 0) is 4.79 Å². The van der Waals surface area contributed by atoms with Gasteiger partial charge in [0.05, 0.1) is 10.6 Å². The van der Waals surface area contributed by atoms with Gasteiger partial charge in [-0.05, 0) is 18.6 Å². The molecule has 0 bridgehead atoms. The molecule has 0 aliphatic rings. The number of carboxylic acids is 1. The van der Waals surface area contributed by atoms with E-state index in [0.29, 0.717) is 12.7 Å². The van der Waals surface area contributed by atoms with E-state index in [9.17, 15) is 9.59 Å². The quantitative estimate of drug-likeness (QED) is 0.806. The summed E-state index contributed by atoms with van der Waals surface area (Å²) in [5.41, 5.74) is 0.243. The number of hydrogen-bond donors (Lipinski definition) is 1. The lowest BCUT2D eigenvalue weighted by molar-refractivity contribution is -0.145. The van der Waals surface area contributed by atoms with Gasteiger partial charge in [0.2, 0.25) is 0 Å². The maximum Gasteiger partial charge on any atom is 0.344 e. The van der Waals surface area contributed by atoms with Crippen LogP contribution in [0.2, 0.25) is 5.02 Å². The number of carbonyl (C=O) groups is 2. The first kappa shape index (κ1) is 12.5. The van der Waals surface area contributed by atoms with Gasteiger partial charge in [0.25, 0.3) is 0 Å². The largest absolute Gasteiger partial charge is 0.479 e. The van der Waals surface area contributed by atoms with Gasteiger partial charge in [-0.1, -0.05) is 24.6 Å². The Balaban J connectivity index is 3.03. The van der Waals surface area contributed by atoms with Crippen molar-refractivity contribution in [2.24, 2.45) is 0 Å². The summed E-state index contributed by atoms with van der Waals surface area (Å²) in [5.74, 6) is -0.965. The van der Waals surface area contributed by atoms with Gasteiger partial charge in [0.15, 0.2) is 12.4 Å². The van der Waals surface area contributed by atoms with E-state index in [1.807, 2.05) is 0 Å². The van der Waals surface area contributed by atoms with E-state index in [1.165, 1.54) is 6.07 Å². The third kappa shape index (κ3) is 2.73. The molecule has 1 atom stereocenters. The maximum absolute atomic E-state index is 10.8. The van der Waals surface area contributed by atoms with Crippen LogP contribution in [-0.4, -0.2) is 23.5 Å². The third-order valence-electron chi connectivity index (χ3n) is 2.03. The number of benzene rings is 1. The minimum atomic E-state index is -1.08. The number of carbonyl (C=O) groups excluding carboxylic acids is 1. The molecule has 1 aromatic carbocycles. The monoisotopic (exact) mass is 242 g/mol. The standard InChI is InChI=1S/C11H11ClO4/c1-2-9(11(14)15)16-10-7(6-13)4-3-5-8(10)12/h3-6,9H,2H2,1H3,(H,14,15). The van der Waals surface area contributed by atoms with E-state index in [0.717, 1.165) is 0 Å². The SMILES string of the molecule is CCC(Oc1c(Cl)cccc1C=O)C(=O)O. The Labute approximate surface area is 97.8 Å². The summed E-state index contributed by atoms with van der Waals surface area (Å²) < 4.78 is 5.22. The minimum Gasteiger partial charge on any atom is -0.479 e. The number of carboxylic acid groups (broad SMARTS) is 1. The lowest BCUT2D eigenvalue weighted by Crippen LogP contribution is -2.26. The van der Waals surface area contributed by atoms with Crippen LogP contribution in [0.5, 0.6) is 5.75 Å². The summed E-state index contributed by atoms with van der Waals surface area (Å²) in [6.45, 7) is 1.68. The second kappa shape index (κ2) is 5.51. The highest BCUT2D eigenvalue weighted by molar-refractivity contribution is 6.32. The molecule has 0 heterocycles. The molecule has 0 spiro atoms. The number of aliphatic carboxylic acids is 1. The molecule has 1 rings (SSSR count). The van der Waals surface area contributed by atoms with E-state index in [2.05, 4.69) is 0 Å². The average Bonchev–Trinajstić information content (AvgIpc) is 2.26. The van der Waals surface area contributed by atoms with Gasteiger partial charge in [-0.15, -0.1) is 0 Å². The predicted molar refractivity (Wildman–Crippen MR) is 59.2 cm³/mol. The van der Waals surface area contributed by atoms with E-state index in [1.54, 1.807) is 19.1 Å². The Hall–Kier alpha value is -1.55. The first-order valence-electron chi connectivity index (χ1n) is 4.73. The highest BCUT2D eigenvalue weighted by Crippen LogP contribution is 2.28. The first-order valence-corrected chi connectivity index (χ1v) is 5.11. The fraction of sp³-hybridized carbons (Fsp3) is 0.273. The molecular weight excluding hydrogens is 232 g/mol. The number of halogens is 1. The van der Waals surface area contributed by atoms with Crippen LogP contribution >= 0.6 is 11.6 Å². The number of hydrogen-bond acceptors (Lipinski definition) is 3.